The lowest BCUT2D eigenvalue weighted by molar-refractivity contribution is -0.388. The molecule has 0 radical (unpaired) electrons. The molecule has 1 N–H and O–H groups in total. The fourth-order valence-electron chi connectivity index (χ4n) is 2.25. The summed E-state index contributed by atoms with van der Waals surface area (Å²) in [6.45, 7) is 4.05. The van der Waals surface area contributed by atoms with Crippen LogP contribution in [0.2, 0.25) is 0 Å². The molecular formula is C14H16F3N5O2. The van der Waals surface area contributed by atoms with Crippen molar-refractivity contribution in [3.8, 4) is 0 Å². The zero-order chi connectivity index (χ0) is 18.1. The van der Waals surface area contributed by atoms with E-state index in [9.17, 15) is 23.3 Å². The Hall–Kier alpha value is -2.65. The van der Waals surface area contributed by atoms with E-state index in [4.69, 9.17) is 0 Å². The highest BCUT2D eigenvalue weighted by molar-refractivity contribution is 5.55. The number of aromatic nitrogens is 3. The highest BCUT2D eigenvalue weighted by Gasteiger charge is 2.38. The molecule has 7 nitrogen and oxygen atoms in total. The molecule has 0 aliphatic carbocycles. The van der Waals surface area contributed by atoms with Crippen LogP contribution in [0.1, 0.15) is 37.0 Å². The van der Waals surface area contributed by atoms with Gasteiger partial charge in [-0.3, -0.25) is 10.1 Å². The van der Waals surface area contributed by atoms with Crippen LogP contribution in [0.15, 0.2) is 18.2 Å². The molecule has 0 unspecified atom stereocenters. The number of nitrogens with one attached hydrogen (secondary N) is 1. The van der Waals surface area contributed by atoms with Crippen LogP contribution in [0.5, 0.6) is 0 Å². The van der Waals surface area contributed by atoms with E-state index in [2.05, 4.69) is 15.5 Å². The molecule has 24 heavy (non-hydrogen) atoms. The number of halogens is 3. The minimum absolute atomic E-state index is 0.113. The molecule has 0 saturated heterocycles. The predicted molar refractivity (Wildman–Crippen MR) is 80.5 cm³/mol. The van der Waals surface area contributed by atoms with Gasteiger partial charge in [0.15, 0.2) is 5.82 Å². The fraction of sp³-hybridized carbons (Fsp3) is 0.429. The quantitative estimate of drug-likeness (QED) is 0.663. The van der Waals surface area contributed by atoms with Crippen LogP contribution < -0.4 is 5.32 Å². The van der Waals surface area contributed by atoms with Crippen molar-refractivity contribution in [2.24, 2.45) is 7.05 Å². The van der Waals surface area contributed by atoms with Crippen LogP contribution in [-0.2, 0) is 19.8 Å². The molecule has 2 rings (SSSR count). The number of anilines is 1. The summed E-state index contributed by atoms with van der Waals surface area (Å²) in [5.74, 6) is 1.46. The van der Waals surface area contributed by atoms with Gasteiger partial charge in [-0.25, -0.2) is 0 Å². The van der Waals surface area contributed by atoms with Gasteiger partial charge in [-0.1, -0.05) is 13.8 Å². The summed E-state index contributed by atoms with van der Waals surface area (Å²) >= 11 is 0. The van der Waals surface area contributed by atoms with Crippen molar-refractivity contribution >= 4 is 11.4 Å². The molecule has 0 aliphatic heterocycles. The van der Waals surface area contributed by atoms with E-state index in [0.717, 1.165) is 18.0 Å². The van der Waals surface area contributed by atoms with Gasteiger partial charge in [-0.05, 0) is 12.1 Å². The first-order chi connectivity index (χ1) is 11.1. The molecule has 0 fully saturated rings. The van der Waals surface area contributed by atoms with Crippen molar-refractivity contribution in [2.45, 2.75) is 32.5 Å². The summed E-state index contributed by atoms with van der Waals surface area (Å²) in [7, 11) is 1.77. The van der Waals surface area contributed by atoms with Crippen molar-refractivity contribution < 1.29 is 18.1 Å². The first-order valence-corrected chi connectivity index (χ1v) is 7.09. The number of nitrogens with zero attached hydrogens (tertiary/aromatic N) is 4. The van der Waals surface area contributed by atoms with Crippen molar-refractivity contribution in [2.75, 3.05) is 5.32 Å². The highest BCUT2D eigenvalue weighted by Crippen LogP contribution is 2.37. The molecule has 0 amide bonds. The SMILES string of the molecule is CC(C)c1nnc(CNc2ccc([N+](=O)[O-])c(C(F)(F)F)c2)n1C. The number of rotatable bonds is 5. The Morgan fingerprint density at radius 1 is 1.33 bits per heavy atom. The number of hydrogen-bond acceptors (Lipinski definition) is 5. The molecule has 1 aromatic carbocycles. The molecule has 2 aromatic rings. The summed E-state index contributed by atoms with van der Waals surface area (Å²) in [4.78, 5) is 9.68. The average molecular weight is 343 g/mol. The summed E-state index contributed by atoms with van der Waals surface area (Å²) in [5, 5.41) is 21.5. The lowest BCUT2D eigenvalue weighted by atomic mass is 10.1. The molecule has 0 atom stereocenters. The molecule has 0 aliphatic rings. The van der Waals surface area contributed by atoms with Crippen molar-refractivity contribution in [3.05, 3.63) is 45.5 Å². The number of alkyl halides is 3. The Kier molecular flexibility index (Phi) is 4.76. The Balaban J connectivity index is 2.24. The van der Waals surface area contributed by atoms with Crippen LogP contribution in [0, 0.1) is 10.1 Å². The average Bonchev–Trinajstić information content (AvgIpc) is 2.85. The smallest absolute Gasteiger partial charge is 0.378 e. The molecule has 1 heterocycles. The molecule has 0 spiro atoms. The molecule has 10 heteroatoms. The van der Waals surface area contributed by atoms with Crippen molar-refractivity contribution in [3.63, 3.8) is 0 Å². The summed E-state index contributed by atoms with van der Waals surface area (Å²) in [5.41, 5.74) is -2.16. The minimum Gasteiger partial charge on any atom is -0.378 e. The Bertz CT molecular complexity index is 755. The lowest BCUT2D eigenvalue weighted by Gasteiger charge is -2.11. The monoisotopic (exact) mass is 343 g/mol. The van der Waals surface area contributed by atoms with E-state index < -0.39 is 22.4 Å². The third-order valence-electron chi connectivity index (χ3n) is 3.46. The topological polar surface area (TPSA) is 85.9 Å². The number of hydrogen-bond donors (Lipinski definition) is 1. The summed E-state index contributed by atoms with van der Waals surface area (Å²) in [6, 6.07) is 2.78. The zero-order valence-electron chi connectivity index (χ0n) is 13.3. The summed E-state index contributed by atoms with van der Waals surface area (Å²) in [6.07, 6.45) is -4.81. The van der Waals surface area contributed by atoms with E-state index in [-0.39, 0.29) is 18.2 Å². The van der Waals surface area contributed by atoms with Gasteiger partial charge in [-0.2, -0.15) is 13.2 Å². The van der Waals surface area contributed by atoms with E-state index in [1.54, 1.807) is 11.6 Å². The number of nitro benzene ring substituents is 1. The second-order valence-electron chi connectivity index (χ2n) is 5.53. The molecular weight excluding hydrogens is 327 g/mol. The van der Waals surface area contributed by atoms with E-state index in [0.29, 0.717) is 5.82 Å². The molecule has 130 valence electrons. The second kappa shape index (κ2) is 6.46. The van der Waals surface area contributed by atoms with E-state index in [1.165, 1.54) is 6.07 Å². The van der Waals surface area contributed by atoms with Crippen molar-refractivity contribution in [1.29, 1.82) is 0 Å². The van der Waals surface area contributed by atoms with E-state index in [1.807, 2.05) is 13.8 Å². The Morgan fingerprint density at radius 3 is 2.50 bits per heavy atom. The molecule has 1 aromatic heterocycles. The van der Waals surface area contributed by atoms with Gasteiger partial charge in [0.05, 0.1) is 11.5 Å². The summed E-state index contributed by atoms with van der Waals surface area (Å²) < 4.78 is 40.6. The van der Waals surface area contributed by atoms with Gasteiger partial charge in [0, 0.05) is 24.7 Å². The van der Waals surface area contributed by atoms with Crippen LogP contribution >= 0.6 is 0 Å². The second-order valence-corrected chi connectivity index (χ2v) is 5.53. The van der Waals surface area contributed by atoms with Gasteiger partial charge in [0.2, 0.25) is 0 Å². The third kappa shape index (κ3) is 3.63. The lowest BCUT2D eigenvalue weighted by Crippen LogP contribution is -2.11. The van der Waals surface area contributed by atoms with Crippen LogP contribution in [0.4, 0.5) is 24.5 Å². The molecule has 0 bridgehead atoms. The Labute approximate surface area is 135 Å². The normalized spacial score (nSPS) is 11.8. The highest BCUT2D eigenvalue weighted by atomic mass is 19.4. The first kappa shape index (κ1) is 17.7. The fourth-order valence-corrected chi connectivity index (χ4v) is 2.25. The third-order valence-corrected chi connectivity index (χ3v) is 3.46. The number of nitro groups is 1. The Morgan fingerprint density at radius 2 is 2.00 bits per heavy atom. The van der Waals surface area contributed by atoms with Gasteiger partial charge in [0.25, 0.3) is 5.69 Å². The first-order valence-electron chi connectivity index (χ1n) is 7.09. The maximum atomic E-state index is 12.9. The van der Waals surface area contributed by atoms with Crippen LogP contribution in [0.3, 0.4) is 0 Å². The zero-order valence-corrected chi connectivity index (χ0v) is 13.3. The predicted octanol–water partition coefficient (Wildman–Crippen LogP) is 3.48. The van der Waals surface area contributed by atoms with Crippen LogP contribution in [-0.4, -0.2) is 19.7 Å². The largest absolute Gasteiger partial charge is 0.423 e. The van der Waals surface area contributed by atoms with Gasteiger partial charge in [-0.15, -0.1) is 10.2 Å². The van der Waals surface area contributed by atoms with Gasteiger partial charge >= 0.3 is 6.18 Å². The minimum atomic E-state index is -4.81. The maximum absolute atomic E-state index is 12.9. The van der Waals surface area contributed by atoms with E-state index >= 15 is 0 Å². The van der Waals surface area contributed by atoms with Gasteiger partial charge < -0.3 is 9.88 Å². The number of benzene rings is 1. The molecule has 0 saturated carbocycles. The van der Waals surface area contributed by atoms with Crippen molar-refractivity contribution in [1.82, 2.24) is 14.8 Å². The maximum Gasteiger partial charge on any atom is 0.423 e. The van der Waals surface area contributed by atoms with Crippen LogP contribution in [0.25, 0.3) is 0 Å². The van der Waals surface area contributed by atoms with Gasteiger partial charge in [0.1, 0.15) is 11.4 Å². The standard InChI is InChI=1S/C14H16F3N5O2/c1-8(2)13-20-19-12(21(13)3)7-18-9-4-5-11(22(23)24)10(6-9)14(15,16)17/h4-6,8,18H,7H2,1-3H3.